The number of thiophene rings is 1. The molecule has 0 fully saturated rings. The molecule has 0 bridgehead atoms. The molecule has 63 heavy (non-hydrogen) atoms. The highest BCUT2D eigenvalue weighted by molar-refractivity contribution is 7.26. The molecule has 0 radical (unpaired) electrons. The van der Waals surface area contributed by atoms with E-state index >= 15 is 0 Å². The maximum Gasteiger partial charge on any atom is 0.0468 e. The quantitative estimate of drug-likeness (QED) is 0.141. The van der Waals surface area contributed by atoms with E-state index < -0.39 is 0 Å². The van der Waals surface area contributed by atoms with Gasteiger partial charge in [0.05, 0.1) is 0 Å². The summed E-state index contributed by atoms with van der Waals surface area (Å²) in [6, 6.07) is 88.2. The average molecular weight is 821 g/mol. The minimum absolute atomic E-state index is 1.10. The zero-order valence-corrected chi connectivity index (χ0v) is 35.2. The molecule has 11 aromatic carbocycles. The van der Waals surface area contributed by atoms with Crippen LogP contribution in [-0.4, -0.2) is 0 Å². The van der Waals surface area contributed by atoms with Gasteiger partial charge in [0.2, 0.25) is 0 Å². The van der Waals surface area contributed by atoms with Gasteiger partial charge in [0.1, 0.15) is 0 Å². The lowest BCUT2D eigenvalue weighted by Crippen LogP contribution is -2.10. The van der Waals surface area contributed by atoms with Gasteiger partial charge in [0, 0.05) is 54.3 Å². The fourth-order valence-electron chi connectivity index (χ4n) is 9.45. The van der Waals surface area contributed by atoms with Crippen LogP contribution in [0.4, 0.5) is 34.1 Å². The van der Waals surface area contributed by atoms with Crippen molar-refractivity contribution in [3.63, 3.8) is 0 Å². The van der Waals surface area contributed by atoms with E-state index in [0.717, 1.165) is 34.1 Å². The SMILES string of the molecule is c1ccc(N(c2ccccc2)c2ccc(-c3ccc(N(c4ccc(-c5cccc6c5sc5ccccc56)cc4)c4ccc5c6ccccc6c6ccccc6c5c4)cc3)cc2)cc1. The van der Waals surface area contributed by atoms with E-state index in [1.165, 1.54) is 74.7 Å². The van der Waals surface area contributed by atoms with Crippen molar-refractivity contribution in [2.24, 2.45) is 0 Å². The molecule has 0 aliphatic carbocycles. The van der Waals surface area contributed by atoms with Gasteiger partial charge < -0.3 is 9.80 Å². The summed E-state index contributed by atoms with van der Waals surface area (Å²) >= 11 is 1.88. The van der Waals surface area contributed by atoms with Gasteiger partial charge in [0.15, 0.2) is 0 Å². The molecule has 296 valence electrons. The van der Waals surface area contributed by atoms with E-state index in [4.69, 9.17) is 0 Å². The zero-order valence-electron chi connectivity index (χ0n) is 34.4. The second-order valence-corrected chi connectivity index (χ2v) is 17.1. The minimum atomic E-state index is 1.10. The first kappa shape index (κ1) is 36.8. The van der Waals surface area contributed by atoms with E-state index in [1.807, 2.05) is 11.3 Å². The molecule has 0 aliphatic rings. The highest BCUT2D eigenvalue weighted by Gasteiger charge is 2.18. The molecular formula is C60H40N2S. The summed E-state index contributed by atoms with van der Waals surface area (Å²) in [4.78, 5) is 4.70. The van der Waals surface area contributed by atoms with Gasteiger partial charge >= 0.3 is 0 Å². The third-order valence-corrected chi connectivity index (χ3v) is 13.7. The summed E-state index contributed by atoms with van der Waals surface area (Å²) in [5, 5.41) is 10.2. The number of para-hydroxylation sites is 2. The molecule has 12 aromatic rings. The van der Waals surface area contributed by atoms with Crippen LogP contribution < -0.4 is 9.80 Å². The fourth-order valence-corrected chi connectivity index (χ4v) is 10.7. The van der Waals surface area contributed by atoms with Crippen LogP contribution in [0.3, 0.4) is 0 Å². The van der Waals surface area contributed by atoms with E-state index in [0.29, 0.717) is 0 Å². The second-order valence-electron chi connectivity index (χ2n) is 16.1. The zero-order chi connectivity index (χ0) is 41.7. The van der Waals surface area contributed by atoms with Crippen LogP contribution in [0, 0.1) is 0 Å². The summed E-state index contributed by atoms with van der Waals surface area (Å²) < 4.78 is 2.65. The number of hydrogen-bond acceptors (Lipinski definition) is 3. The number of fused-ring (bicyclic) bond motifs is 9. The van der Waals surface area contributed by atoms with E-state index in [1.54, 1.807) is 0 Å². The highest BCUT2D eigenvalue weighted by Crippen LogP contribution is 2.44. The number of hydrogen-bond donors (Lipinski definition) is 0. The summed E-state index contributed by atoms with van der Waals surface area (Å²) in [5.41, 5.74) is 11.5. The first-order valence-corrected chi connectivity index (χ1v) is 22.3. The second kappa shape index (κ2) is 15.5. The lowest BCUT2D eigenvalue weighted by molar-refractivity contribution is 1.28. The van der Waals surface area contributed by atoms with Crippen LogP contribution in [0.15, 0.2) is 243 Å². The van der Waals surface area contributed by atoms with E-state index in [2.05, 4.69) is 252 Å². The van der Waals surface area contributed by atoms with Crippen molar-refractivity contribution in [2.75, 3.05) is 9.80 Å². The van der Waals surface area contributed by atoms with E-state index in [9.17, 15) is 0 Å². The Morgan fingerprint density at radius 3 is 1.16 bits per heavy atom. The smallest absolute Gasteiger partial charge is 0.0468 e. The van der Waals surface area contributed by atoms with Gasteiger partial charge in [-0.05, 0) is 133 Å². The van der Waals surface area contributed by atoms with Crippen molar-refractivity contribution in [3.05, 3.63) is 243 Å². The van der Waals surface area contributed by atoms with Crippen molar-refractivity contribution < 1.29 is 0 Å². The lowest BCUT2D eigenvalue weighted by Gasteiger charge is -2.27. The first-order chi connectivity index (χ1) is 31.2. The highest BCUT2D eigenvalue weighted by atomic mass is 32.1. The minimum Gasteiger partial charge on any atom is -0.311 e. The molecular weight excluding hydrogens is 781 g/mol. The molecule has 0 unspecified atom stereocenters. The molecule has 12 rings (SSSR count). The summed E-state index contributed by atoms with van der Waals surface area (Å²) in [6.07, 6.45) is 0. The molecule has 1 heterocycles. The molecule has 0 amide bonds. The average Bonchev–Trinajstić information content (AvgIpc) is 3.75. The van der Waals surface area contributed by atoms with Crippen molar-refractivity contribution in [2.45, 2.75) is 0 Å². The van der Waals surface area contributed by atoms with Crippen LogP contribution in [0.2, 0.25) is 0 Å². The topological polar surface area (TPSA) is 6.48 Å². The molecule has 0 spiro atoms. The Balaban J connectivity index is 0.952. The van der Waals surface area contributed by atoms with Crippen molar-refractivity contribution in [3.8, 4) is 22.3 Å². The third kappa shape index (κ3) is 6.50. The van der Waals surface area contributed by atoms with Crippen LogP contribution in [0.1, 0.15) is 0 Å². The third-order valence-electron chi connectivity index (χ3n) is 12.4. The Morgan fingerprint density at radius 2 is 0.619 bits per heavy atom. The van der Waals surface area contributed by atoms with Gasteiger partial charge in [0.25, 0.3) is 0 Å². The normalized spacial score (nSPS) is 11.5. The van der Waals surface area contributed by atoms with Crippen molar-refractivity contribution >= 4 is 98.0 Å². The maximum absolute atomic E-state index is 2.40. The van der Waals surface area contributed by atoms with E-state index in [-0.39, 0.29) is 0 Å². The molecule has 0 atom stereocenters. The Hall–Kier alpha value is -7.98. The molecule has 0 saturated heterocycles. The van der Waals surface area contributed by atoms with Gasteiger partial charge in [-0.25, -0.2) is 0 Å². The number of benzene rings is 11. The Morgan fingerprint density at radius 1 is 0.238 bits per heavy atom. The Bertz CT molecular complexity index is 3520. The summed E-state index contributed by atoms with van der Waals surface area (Å²) in [5.74, 6) is 0. The predicted molar refractivity (Wildman–Crippen MR) is 272 cm³/mol. The fraction of sp³-hybridized carbons (Fsp3) is 0. The van der Waals surface area contributed by atoms with Gasteiger partial charge in [-0.2, -0.15) is 0 Å². The van der Waals surface area contributed by atoms with Crippen LogP contribution in [-0.2, 0) is 0 Å². The van der Waals surface area contributed by atoms with Crippen LogP contribution >= 0.6 is 11.3 Å². The van der Waals surface area contributed by atoms with Crippen molar-refractivity contribution in [1.82, 2.24) is 0 Å². The summed E-state index contributed by atoms with van der Waals surface area (Å²) in [7, 11) is 0. The molecule has 0 saturated carbocycles. The van der Waals surface area contributed by atoms with Gasteiger partial charge in [-0.15, -0.1) is 11.3 Å². The largest absolute Gasteiger partial charge is 0.311 e. The first-order valence-electron chi connectivity index (χ1n) is 21.5. The monoisotopic (exact) mass is 820 g/mol. The molecule has 3 heteroatoms. The maximum atomic E-state index is 2.40. The molecule has 2 nitrogen and oxygen atoms in total. The van der Waals surface area contributed by atoms with Crippen LogP contribution in [0.25, 0.3) is 74.7 Å². The number of nitrogens with zero attached hydrogens (tertiary/aromatic N) is 2. The van der Waals surface area contributed by atoms with Gasteiger partial charge in [-0.1, -0.05) is 164 Å². The predicted octanol–water partition coefficient (Wildman–Crippen LogP) is 17.8. The lowest BCUT2D eigenvalue weighted by atomic mass is 9.94. The molecule has 0 N–H and O–H groups in total. The number of rotatable bonds is 8. The van der Waals surface area contributed by atoms with Crippen molar-refractivity contribution in [1.29, 1.82) is 0 Å². The molecule has 0 aliphatic heterocycles. The Labute approximate surface area is 370 Å². The standard InChI is InChI=1S/C60H40N2S/c1-3-14-44(15-4-1)61(45-16-5-2-6-17-45)46-32-26-41(27-33-46)42-28-34-47(35-29-42)62(49-38-39-55-53-20-8-7-18-51(53)52-19-9-10-21-54(52)58(55)40-49)48-36-30-43(31-37-48)50-23-13-24-57-56-22-11-12-25-59(56)63-60(50)57/h1-40H. The Kier molecular flexibility index (Phi) is 9.06. The number of anilines is 6. The summed E-state index contributed by atoms with van der Waals surface area (Å²) in [6.45, 7) is 0. The van der Waals surface area contributed by atoms with Gasteiger partial charge in [-0.3, -0.25) is 0 Å². The molecule has 1 aromatic heterocycles. The van der Waals surface area contributed by atoms with Crippen LogP contribution in [0.5, 0.6) is 0 Å².